The molecule has 2 N–H and O–H groups in total. The molecule has 3 heteroatoms. The van der Waals surface area contributed by atoms with E-state index in [0.717, 1.165) is 0 Å². The molecule has 46 valence electrons. The molecule has 0 aromatic heterocycles. The van der Waals surface area contributed by atoms with Gasteiger partial charge in [-0.3, -0.25) is 0 Å². The molecule has 0 atom stereocenters. The maximum absolute atomic E-state index is 9.90. The average Bonchev–Trinajstić information content (AvgIpc) is 1.89. The molecule has 0 saturated carbocycles. The Morgan fingerprint density at radius 2 is 2.00 bits per heavy atom. The molecule has 1 aromatic carbocycles. The Morgan fingerprint density at radius 1 is 1.33 bits per heavy atom. The molecular formula is C6H6N2O. The number of para-hydroxylation sites is 1. The Labute approximate surface area is 52.5 Å². The fraction of sp³-hybridized carbons (Fsp3) is 0. The monoisotopic (exact) mass is 122 g/mol. The van der Waals surface area contributed by atoms with Gasteiger partial charge in [0, 0.05) is 0 Å². The minimum Gasteiger partial charge on any atom is -0.397 e. The van der Waals surface area contributed by atoms with Gasteiger partial charge in [-0.05, 0) is 17.3 Å². The number of hydrogen-bond acceptors (Lipinski definition) is 3. The van der Waals surface area contributed by atoms with Crippen molar-refractivity contribution in [3.05, 3.63) is 29.2 Å². The van der Waals surface area contributed by atoms with Gasteiger partial charge in [0.1, 0.15) is 5.69 Å². The van der Waals surface area contributed by atoms with Crippen molar-refractivity contribution in [1.82, 2.24) is 0 Å². The molecule has 0 bridgehead atoms. The second-order valence-electron chi connectivity index (χ2n) is 1.65. The van der Waals surface area contributed by atoms with Crippen LogP contribution in [0.25, 0.3) is 0 Å². The van der Waals surface area contributed by atoms with E-state index in [0.29, 0.717) is 11.4 Å². The molecule has 0 aliphatic carbocycles. The number of nitrogens with zero attached hydrogens (tertiary/aromatic N) is 1. The molecule has 1 rings (SSSR count). The smallest absolute Gasteiger partial charge is 0.130 e. The third-order valence-corrected chi connectivity index (χ3v) is 1.04. The van der Waals surface area contributed by atoms with Gasteiger partial charge in [0.25, 0.3) is 0 Å². The van der Waals surface area contributed by atoms with Gasteiger partial charge in [-0.2, -0.15) is 0 Å². The number of rotatable bonds is 1. The zero-order chi connectivity index (χ0) is 6.69. The zero-order valence-corrected chi connectivity index (χ0v) is 4.74. The second kappa shape index (κ2) is 2.26. The van der Waals surface area contributed by atoms with Crippen molar-refractivity contribution in [3.63, 3.8) is 0 Å². The predicted octanol–water partition coefficient (Wildman–Crippen LogP) is 1.67. The van der Waals surface area contributed by atoms with Crippen molar-refractivity contribution in [2.24, 2.45) is 5.18 Å². The van der Waals surface area contributed by atoms with E-state index in [9.17, 15) is 4.91 Å². The van der Waals surface area contributed by atoms with Crippen molar-refractivity contribution in [2.45, 2.75) is 0 Å². The van der Waals surface area contributed by atoms with Gasteiger partial charge < -0.3 is 5.73 Å². The van der Waals surface area contributed by atoms with Crippen molar-refractivity contribution < 1.29 is 0 Å². The van der Waals surface area contributed by atoms with E-state index in [-0.39, 0.29) is 0 Å². The summed E-state index contributed by atoms with van der Waals surface area (Å²) >= 11 is 0. The summed E-state index contributed by atoms with van der Waals surface area (Å²) in [5.41, 5.74) is 6.06. The normalized spacial score (nSPS) is 8.89. The molecule has 9 heavy (non-hydrogen) atoms. The standard InChI is InChI=1S/C6H6N2O/c7-5-3-1-2-4-6(5)8-9/h1-4H,7H2. The molecule has 0 spiro atoms. The summed E-state index contributed by atoms with van der Waals surface area (Å²) in [5.74, 6) is 0. The fourth-order valence-corrected chi connectivity index (χ4v) is 0.571. The van der Waals surface area contributed by atoms with Gasteiger partial charge in [0.05, 0.1) is 5.69 Å². The molecule has 0 radical (unpaired) electrons. The highest BCUT2D eigenvalue weighted by Crippen LogP contribution is 2.18. The van der Waals surface area contributed by atoms with E-state index < -0.39 is 0 Å². The van der Waals surface area contributed by atoms with Gasteiger partial charge in [0.15, 0.2) is 0 Å². The van der Waals surface area contributed by atoms with E-state index in [4.69, 9.17) is 5.73 Å². The van der Waals surface area contributed by atoms with Crippen LogP contribution >= 0.6 is 0 Å². The van der Waals surface area contributed by atoms with E-state index in [1.807, 2.05) is 0 Å². The molecule has 0 amide bonds. The van der Waals surface area contributed by atoms with E-state index in [1.54, 1.807) is 24.3 Å². The highest BCUT2D eigenvalue weighted by molar-refractivity contribution is 5.61. The summed E-state index contributed by atoms with van der Waals surface area (Å²) in [6.45, 7) is 0. The molecule has 3 nitrogen and oxygen atoms in total. The number of anilines is 1. The van der Waals surface area contributed by atoms with Crippen LogP contribution in [0.1, 0.15) is 0 Å². The summed E-state index contributed by atoms with van der Waals surface area (Å²) < 4.78 is 0. The Hall–Kier alpha value is -1.38. The van der Waals surface area contributed by atoms with E-state index in [2.05, 4.69) is 5.18 Å². The third-order valence-electron chi connectivity index (χ3n) is 1.04. The van der Waals surface area contributed by atoms with Crippen molar-refractivity contribution >= 4 is 11.4 Å². The largest absolute Gasteiger partial charge is 0.397 e. The number of hydrogen-bond donors (Lipinski definition) is 1. The highest BCUT2D eigenvalue weighted by Gasteiger charge is 1.92. The Bertz CT molecular complexity index is 222. The number of nitroso groups, excluding NO2 is 1. The topological polar surface area (TPSA) is 55.4 Å². The van der Waals surface area contributed by atoms with Crippen LogP contribution in [0.3, 0.4) is 0 Å². The first-order valence-corrected chi connectivity index (χ1v) is 2.52. The summed E-state index contributed by atoms with van der Waals surface area (Å²) in [6, 6.07) is 6.68. The van der Waals surface area contributed by atoms with Gasteiger partial charge in [-0.15, -0.1) is 4.91 Å². The third kappa shape index (κ3) is 1.05. The minimum absolute atomic E-state index is 0.303. The number of nitrogen functional groups attached to an aromatic ring is 1. The molecule has 0 fully saturated rings. The summed E-state index contributed by atoms with van der Waals surface area (Å²) in [6.07, 6.45) is 0. The summed E-state index contributed by atoms with van der Waals surface area (Å²) in [7, 11) is 0. The van der Waals surface area contributed by atoms with Crippen molar-refractivity contribution in [2.75, 3.05) is 5.73 Å². The van der Waals surface area contributed by atoms with Crippen LogP contribution in [0, 0.1) is 4.91 Å². The summed E-state index contributed by atoms with van der Waals surface area (Å²) in [5, 5.41) is 2.70. The first-order valence-electron chi connectivity index (χ1n) is 2.52. The van der Waals surface area contributed by atoms with Crippen LogP contribution in [0.5, 0.6) is 0 Å². The van der Waals surface area contributed by atoms with Gasteiger partial charge >= 0.3 is 0 Å². The lowest BCUT2D eigenvalue weighted by Crippen LogP contribution is -1.82. The van der Waals surface area contributed by atoms with Crippen LogP contribution in [-0.4, -0.2) is 0 Å². The fourth-order valence-electron chi connectivity index (χ4n) is 0.571. The molecule has 0 saturated heterocycles. The average molecular weight is 122 g/mol. The van der Waals surface area contributed by atoms with Crippen molar-refractivity contribution in [3.8, 4) is 0 Å². The minimum atomic E-state index is 0.303. The van der Waals surface area contributed by atoms with Gasteiger partial charge in [0.2, 0.25) is 0 Å². The quantitative estimate of drug-likeness (QED) is 0.455. The first kappa shape index (κ1) is 5.75. The lowest BCUT2D eigenvalue weighted by atomic mass is 10.3. The maximum atomic E-state index is 9.90. The zero-order valence-electron chi connectivity index (χ0n) is 4.74. The van der Waals surface area contributed by atoms with E-state index >= 15 is 0 Å². The molecule has 0 heterocycles. The molecule has 1 aromatic rings. The van der Waals surface area contributed by atoms with Gasteiger partial charge in [-0.1, -0.05) is 12.1 Å². The van der Waals surface area contributed by atoms with Gasteiger partial charge in [-0.25, -0.2) is 0 Å². The van der Waals surface area contributed by atoms with E-state index in [1.165, 1.54) is 0 Å². The SMILES string of the molecule is Nc1ccccc1N=O. The molecule has 0 aliphatic rings. The van der Waals surface area contributed by atoms with Crippen LogP contribution < -0.4 is 5.73 Å². The molecule has 0 unspecified atom stereocenters. The summed E-state index contributed by atoms with van der Waals surface area (Å²) in [4.78, 5) is 9.90. The first-order chi connectivity index (χ1) is 4.34. The van der Waals surface area contributed by atoms with Crippen LogP contribution in [0.15, 0.2) is 29.4 Å². The highest BCUT2D eigenvalue weighted by atomic mass is 16.3. The lowest BCUT2D eigenvalue weighted by molar-refractivity contribution is 1.50. The molecule has 0 aliphatic heterocycles. The molecular weight excluding hydrogens is 116 g/mol. The number of benzene rings is 1. The maximum Gasteiger partial charge on any atom is 0.130 e. The van der Waals surface area contributed by atoms with Crippen LogP contribution in [0.2, 0.25) is 0 Å². The second-order valence-corrected chi connectivity index (χ2v) is 1.65. The lowest BCUT2D eigenvalue weighted by Gasteiger charge is -1.91. The van der Waals surface area contributed by atoms with Crippen LogP contribution in [0.4, 0.5) is 11.4 Å². The predicted molar refractivity (Wildman–Crippen MR) is 36.3 cm³/mol. The van der Waals surface area contributed by atoms with Crippen molar-refractivity contribution in [1.29, 1.82) is 0 Å². The Balaban J connectivity index is 3.15. The Kier molecular flexibility index (Phi) is 1.44. The number of nitrogens with two attached hydrogens (primary N) is 1. The van der Waals surface area contributed by atoms with Crippen LogP contribution in [-0.2, 0) is 0 Å². The Morgan fingerprint density at radius 3 is 2.44 bits per heavy atom.